The second kappa shape index (κ2) is 12.4. The van der Waals surface area contributed by atoms with Crippen molar-refractivity contribution in [2.45, 2.75) is 96.3 Å². The molecule has 4 heterocycles. The minimum absolute atomic E-state index is 0.0303. The van der Waals surface area contributed by atoms with Crippen molar-refractivity contribution >= 4 is 55.7 Å². The third kappa shape index (κ3) is 7.30. The summed E-state index contributed by atoms with van der Waals surface area (Å²) in [5.74, 6) is -1.23. The van der Waals surface area contributed by atoms with Crippen molar-refractivity contribution in [2.75, 3.05) is 38.6 Å². The zero-order valence-electron chi connectivity index (χ0n) is 27.8. The molecule has 2 saturated heterocycles. The van der Waals surface area contributed by atoms with Gasteiger partial charge in [0.15, 0.2) is 11.6 Å². The van der Waals surface area contributed by atoms with E-state index in [-0.39, 0.29) is 36.3 Å². The van der Waals surface area contributed by atoms with E-state index in [2.05, 4.69) is 30.8 Å². The molecule has 258 valence electrons. The fourth-order valence-corrected chi connectivity index (χ4v) is 6.65. The van der Waals surface area contributed by atoms with Gasteiger partial charge in [-0.05, 0) is 90.5 Å². The molecule has 2 aromatic heterocycles. The number of pyridine rings is 1. The van der Waals surface area contributed by atoms with Crippen LogP contribution < -0.4 is 4.90 Å². The van der Waals surface area contributed by atoms with Crippen LogP contribution in [0.4, 0.5) is 28.2 Å². The number of esters is 1. The highest BCUT2D eigenvalue weighted by Crippen LogP contribution is 2.44. The van der Waals surface area contributed by atoms with E-state index in [9.17, 15) is 22.8 Å². The lowest BCUT2D eigenvalue weighted by Crippen LogP contribution is -2.57. The Morgan fingerprint density at radius 2 is 1.68 bits per heavy atom. The van der Waals surface area contributed by atoms with Crippen molar-refractivity contribution < 1.29 is 36.6 Å². The lowest BCUT2D eigenvalue weighted by molar-refractivity contribution is -0.156. The Balaban J connectivity index is 1.62. The fraction of sp³-hybridized carbons (Fsp3) is 0.625. The van der Waals surface area contributed by atoms with Crippen LogP contribution in [0.5, 0.6) is 0 Å². The number of rotatable bonds is 5. The number of likely N-dealkylation sites (N-methyl/N-ethyl adjacent to an activating group) is 1. The highest BCUT2D eigenvalue weighted by molar-refractivity contribution is 9.10. The molecule has 2 aliphatic rings. The van der Waals surface area contributed by atoms with Crippen molar-refractivity contribution in [3.63, 3.8) is 0 Å². The Labute approximate surface area is 279 Å². The number of likely N-dealkylation sites (tertiary alicyclic amines) is 1. The summed E-state index contributed by atoms with van der Waals surface area (Å²) in [4.78, 5) is 41.0. The number of benzene rings is 1. The van der Waals surface area contributed by atoms with Crippen LogP contribution in [0.25, 0.3) is 21.9 Å². The average Bonchev–Trinajstić information content (AvgIpc) is 3.32. The number of carbonyl (C=O) groups is 2. The number of amides is 1. The first-order valence-electron chi connectivity index (χ1n) is 15.5. The molecule has 1 aromatic carbocycles. The second-order valence-electron chi connectivity index (χ2n) is 14.5. The molecule has 0 spiro atoms. The van der Waals surface area contributed by atoms with Gasteiger partial charge in [0.05, 0.1) is 28.3 Å². The Bertz CT molecular complexity index is 1690. The van der Waals surface area contributed by atoms with Crippen LogP contribution in [0.2, 0.25) is 0 Å². The number of fused-ring (bicyclic) bond motifs is 3. The van der Waals surface area contributed by atoms with Gasteiger partial charge in [-0.25, -0.2) is 19.2 Å². The van der Waals surface area contributed by atoms with Crippen molar-refractivity contribution in [2.24, 2.45) is 0 Å². The van der Waals surface area contributed by atoms with Crippen LogP contribution in [0, 0.1) is 5.82 Å². The van der Waals surface area contributed by atoms with Gasteiger partial charge in [-0.15, -0.1) is 0 Å². The quantitative estimate of drug-likeness (QED) is 0.207. The molecule has 10 nitrogen and oxygen atoms in total. The van der Waals surface area contributed by atoms with E-state index in [1.807, 2.05) is 19.0 Å². The zero-order chi connectivity index (χ0) is 34.8. The highest BCUT2D eigenvalue weighted by atomic mass is 79.9. The van der Waals surface area contributed by atoms with Gasteiger partial charge < -0.3 is 28.7 Å². The van der Waals surface area contributed by atoms with Gasteiger partial charge in [-0.1, -0.05) is 0 Å². The van der Waals surface area contributed by atoms with Crippen LogP contribution in [-0.4, -0.2) is 93.4 Å². The van der Waals surface area contributed by atoms with Gasteiger partial charge in [-0.2, -0.15) is 13.2 Å². The summed E-state index contributed by atoms with van der Waals surface area (Å²) in [7, 11) is 3.90. The molecule has 1 amide bonds. The number of piperidine rings is 1. The van der Waals surface area contributed by atoms with Crippen molar-refractivity contribution in [1.82, 2.24) is 24.3 Å². The van der Waals surface area contributed by atoms with E-state index in [1.165, 1.54) is 11.2 Å². The predicted octanol–water partition coefficient (Wildman–Crippen LogP) is 6.93. The van der Waals surface area contributed by atoms with Gasteiger partial charge in [-0.3, -0.25) is 4.79 Å². The molecule has 0 N–H and O–H groups in total. The molecule has 2 aliphatic heterocycles. The summed E-state index contributed by atoms with van der Waals surface area (Å²) < 4.78 is 70.4. The monoisotopic (exact) mass is 728 g/mol. The second-order valence-corrected chi connectivity index (χ2v) is 15.3. The number of carbonyl (C=O) groups excluding carboxylic acids is 2. The molecule has 3 aromatic rings. The van der Waals surface area contributed by atoms with Crippen LogP contribution in [0.1, 0.15) is 72.4 Å². The number of ether oxygens (including phenoxy) is 2. The summed E-state index contributed by atoms with van der Waals surface area (Å²) in [5, 5.41) is -0.0303. The Morgan fingerprint density at radius 1 is 1.04 bits per heavy atom. The number of nitrogens with zero attached hydrogens (tertiary/aromatic N) is 6. The fourth-order valence-electron chi connectivity index (χ4n) is 6.13. The van der Waals surface area contributed by atoms with E-state index in [1.54, 1.807) is 46.1 Å². The number of halogens is 5. The molecule has 0 saturated carbocycles. The summed E-state index contributed by atoms with van der Waals surface area (Å²) in [6.07, 6.45) is -3.37. The lowest BCUT2D eigenvalue weighted by Gasteiger charge is -2.43. The minimum Gasteiger partial charge on any atom is -0.460 e. The maximum atomic E-state index is 15.8. The number of alkyl halides is 3. The van der Waals surface area contributed by atoms with Crippen LogP contribution >= 0.6 is 15.9 Å². The van der Waals surface area contributed by atoms with Crippen LogP contribution in [-0.2, 0) is 20.4 Å². The number of aromatic nitrogens is 3. The summed E-state index contributed by atoms with van der Waals surface area (Å²) in [6.45, 7) is 11.9. The molecule has 0 bridgehead atoms. The van der Waals surface area contributed by atoms with Gasteiger partial charge in [0.1, 0.15) is 22.2 Å². The largest absolute Gasteiger partial charge is 0.460 e. The molecular formula is C32H41BrF4N6O4. The molecule has 2 atom stereocenters. The maximum Gasteiger partial charge on any atom is 0.417 e. The molecule has 2 fully saturated rings. The van der Waals surface area contributed by atoms with Gasteiger partial charge >= 0.3 is 18.2 Å². The molecule has 0 aliphatic carbocycles. The van der Waals surface area contributed by atoms with Gasteiger partial charge in [0.25, 0.3) is 0 Å². The van der Waals surface area contributed by atoms with Gasteiger partial charge in [0, 0.05) is 43.1 Å². The van der Waals surface area contributed by atoms with Crippen molar-refractivity contribution in [3.8, 4) is 0 Å². The molecule has 0 unspecified atom stereocenters. The summed E-state index contributed by atoms with van der Waals surface area (Å²) in [5.41, 5.74) is -2.24. The number of hydrogen-bond donors (Lipinski definition) is 0. The summed E-state index contributed by atoms with van der Waals surface area (Å²) >= 11 is 2.83. The first kappa shape index (κ1) is 35.1. The zero-order valence-corrected chi connectivity index (χ0v) is 29.4. The van der Waals surface area contributed by atoms with Gasteiger partial charge in [0.2, 0.25) is 0 Å². The smallest absolute Gasteiger partial charge is 0.417 e. The summed E-state index contributed by atoms with van der Waals surface area (Å²) in [6, 6.07) is 0.0828. The van der Waals surface area contributed by atoms with Crippen LogP contribution in [0.3, 0.4) is 0 Å². The van der Waals surface area contributed by atoms with Crippen molar-refractivity contribution in [1.29, 1.82) is 0 Å². The molecule has 47 heavy (non-hydrogen) atoms. The Morgan fingerprint density at radius 3 is 2.26 bits per heavy atom. The van der Waals surface area contributed by atoms with Crippen molar-refractivity contribution in [3.05, 3.63) is 28.2 Å². The standard InChI is InChI=1S/C32H41BrF4N6O4/c1-30(2,3)46-22(44)12-18-11-17(9-10-42(18)29(45)47-31(4,5)6)43-16-38-26-27(43)20-13-21(32(35,36)37)23(33)24(34)25(20)39-28(26)41-14-19(15-41)40(7)8/h13,16-19H,9-12,14-15H2,1-8H3/t17-,18-/m0/s1. The molecule has 5 rings (SSSR count). The Kier molecular flexibility index (Phi) is 9.23. The Hall–Kier alpha value is -3.20. The van der Waals surface area contributed by atoms with Crippen LogP contribution in [0.15, 0.2) is 16.9 Å². The maximum absolute atomic E-state index is 15.8. The van der Waals surface area contributed by atoms with E-state index in [4.69, 9.17) is 9.47 Å². The third-order valence-corrected chi connectivity index (χ3v) is 9.16. The minimum atomic E-state index is -4.84. The topological polar surface area (TPSA) is 93.0 Å². The van der Waals surface area contributed by atoms with E-state index in [0.29, 0.717) is 36.4 Å². The SMILES string of the molecule is CN(C)C1CN(c2nc3c(F)c(Br)c(C(F)(F)F)cc3c3c2ncn3[C@H]2CCN(C(=O)OC(C)(C)C)[C@H](CC(=O)OC(C)(C)C)C2)C1. The molecular weight excluding hydrogens is 688 g/mol. The van der Waals surface area contributed by atoms with E-state index in [0.717, 1.165) is 6.07 Å². The van der Waals surface area contributed by atoms with E-state index < -0.39 is 57.4 Å². The first-order chi connectivity index (χ1) is 21.6. The third-order valence-electron chi connectivity index (χ3n) is 8.39. The lowest BCUT2D eigenvalue weighted by atomic mass is 9.94. The predicted molar refractivity (Wildman–Crippen MR) is 173 cm³/mol. The first-order valence-corrected chi connectivity index (χ1v) is 16.3. The normalized spacial score (nSPS) is 19.9. The number of imidazole rings is 1. The molecule has 0 radical (unpaired) electrons. The average molecular weight is 730 g/mol. The van der Waals surface area contributed by atoms with E-state index >= 15 is 4.39 Å². The number of anilines is 1. The molecule has 15 heteroatoms. The number of hydrogen-bond acceptors (Lipinski definition) is 8. The highest BCUT2D eigenvalue weighted by Gasteiger charge is 2.40.